The minimum Gasteiger partial charge on any atom is -0.383 e. The van der Waals surface area contributed by atoms with Gasteiger partial charge in [0.1, 0.15) is 0 Å². The summed E-state index contributed by atoms with van der Waals surface area (Å²) in [6.07, 6.45) is 0. The molecule has 0 aromatic heterocycles. The molecule has 2 N–H and O–H groups in total. The molecule has 0 saturated heterocycles. The molecule has 17 heavy (non-hydrogen) atoms. The number of nitrogens with zero attached hydrogens (tertiary/aromatic N) is 1. The van der Waals surface area contributed by atoms with Crippen molar-refractivity contribution in [3.05, 3.63) is 34.9 Å². The first-order valence-corrected chi connectivity index (χ1v) is 5.82. The maximum Gasteiger partial charge on any atom is 0.191 e. The van der Waals surface area contributed by atoms with Gasteiger partial charge in [-0.3, -0.25) is 4.99 Å². The van der Waals surface area contributed by atoms with E-state index in [0.717, 1.165) is 23.1 Å². The number of benzene rings is 1. The summed E-state index contributed by atoms with van der Waals surface area (Å²) in [5, 5.41) is 7.07. The number of nitrogens with one attached hydrogen (secondary N) is 2. The number of guanidine groups is 1. The summed E-state index contributed by atoms with van der Waals surface area (Å²) >= 11 is 6.06. The number of ether oxygens (including phenoxy) is 1. The Labute approximate surface area is 107 Å². The number of hydrogen-bond acceptors (Lipinski definition) is 2. The van der Waals surface area contributed by atoms with Crippen LogP contribution < -0.4 is 10.6 Å². The summed E-state index contributed by atoms with van der Waals surface area (Å²) in [6, 6.07) is 7.74. The summed E-state index contributed by atoms with van der Waals surface area (Å²) in [5.41, 5.74) is 1.05. The summed E-state index contributed by atoms with van der Waals surface area (Å²) in [5.74, 6) is 0.738. The molecule has 0 amide bonds. The van der Waals surface area contributed by atoms with Crippen LogP contribution in [0.25, 0.3) is 0 Å². The molecule has 0 spiro atoms. The molecule has 0 heterocycles. The average Bonchev–Trinajstić information content (AvgIpc) is 2.35. The van der Waals surface area contributed by atoms with Crippen LogP contribution in [0, 0.1) is 0 Å². The predicted molar refractivity (Wildman–Crippen MR) is 71.5 cm³/mol. The van der Waals surface area contributed by atoms with E-state index in [1.807, 2.05) is 24.3 Å². The zero-order chi connectivity index (χ0) is 12.5. The van der Waals surface area contributed by atoms with Crippen molar-refractivity contribution in [1.29, 1.82) is 0 Å². The summed E-state index contributed by atoms with van der Waals surface area (Å²) in [4.78, 5) is 4.10. The Kier molecular flexibility index (Phi) is 6.43. The van der Waals surface area contributed by atoms with Crippen LogP contribution in [0.5, 0.6) is 0 Å². The van der Waals surface area contributed by atoms with E-state index in [9.17, 15) is 0 Å². The van der Waals surface area contributed by atoms with Gasteiger partial charge in [0.05, 0.1) is 6.61 Å². The standard InChI is InChI=1S/C12H18ClN3O/c1-14-12(15-7-8-17-2)16-9-10-5-3-4-6-11(10)13/h3-6H,7-9H2,1-2H3,(H2,14,15,16). The van der Waals surface area contributed by atoms with E-state index in [1.165, 1.54) is 0 Å². The van der Waals surface area contributed by atoms with E-state index in [0.29, 0.717) is 13.2 Å². The topological polar surface area (TPSA) is 45.7 Å². The molecule has 0 fully saturated rings. The van der Waals surface area contributed by atoms with E-state index in [1.54, 1.807) is 14.2 Å². The second-order valence-corrected chi connectivity index (χ2v) is 3.84. The smallest absolute Gasteiger partial charge is 0.191 e. The fraction of sp³-hybridized carbons (Fsp3) is 0.417. The van der Waals surface area contributed by atoms with Crippen LogP contribution in [0.15, 0.2) is 29.3 Å². The van der Waals surface area contributed by atoms with Gasteiger partial charge in [-0.2, -0.15) is 0 Å². The molecule has 0 aliphatic heterocycles. The van der Waals surface area contributed by atoms with Crippen LogP contribution in [-0.4, -0.2) is 33.3 Å². The molecule has 1 aromatic rings. The van der Waals surface area contributed by atoms with Gasteiger partial charge in [-0.05, 0) is 11.6 Å². The Morgan fingerprint density at radius 2 is 2.12 bits per heavy atom. The van der Waals surface area contributed by atoms with E-state index in [4.69, 9.17) is 16.3 Å². The highest BCUT2D eigenvalue weighted by Crippen LogP contribution is 2.13. The van der Waals surface area contributed by atoms with Crippen LogP contribution in [0.1, 0.15) is 5.56 Å². The largest absolute Gasteiger partial charge is 0.383 e. The molecule has 0 radical (unpaired) electrons. The highest BCUT2D eigenvalue weighted by Gasteiger charge is 2.00. The minimum absolute atomic E-state index is 0.645. The number of aliphatic imine (C=N–C) groups is 1. The summed E-state index contributed by atoms with van der Waals surface area (Å²) in [7, 11) is 3.40. The zero-order valence-electron chi connectivity index (χ0n) is 10.2. The molecule has 1 aromatic carbocycles. The Morgan fingerprint density at radius 1 is 1.35 bits per heavy atom. The molecule has 0 aliphatic carbocycles. The first-order chi connectivity index (χ1) is 8.27. The number of methoxy groups -OCH3 is 1. The van der Waals surface area contributed by atoms with Gasteiger partial charge in [-0.25, -0.2) is 0 Å². The maximum atomic E-state index is 6.06. The summed E-state index contributed by atoms with van der Waals surface area (Å²) in [6.45, 7) is 2.01. The molecule has 0 unspecified atom stereocenters. The Balaban J connectivity index is 2.40. The fourth-order valence-corrected chi connectivity index (χ4v) is 1.52. The second kappa shape index (κ2) is 7.92. The normalized spacial score (nSPS) is 11.4. The molecule has 0 aliphatic rings. The van der Waals surface area contributed by atoms with Crippen LogP contribution in [-0.2, 0) is 11.3 Å². The lowest BCUT2D eigenvalue weighted by Gasteiger charge is -2.12. The SMILES string of the molecule is CN=C(NCCOC)NCc1ccccc1Cl. The van der Waals surface area contributed by atoms with Gasteiger partial charge in [-0.1, -0.05) is 29.8 Å². The molecule has 0 saturated carbocycles. The lowest BCUT2D eigenvalue weighted by Crippen LogP contribution is -2.38. The third kappa shape index (κ3) is 5.06. The van der Waals surface area contributed by atoms with Crippen molar-refractivity contribution < 1.29 is 4.74 Å². The second-order valence-electron chi connectivity index (χ2n) is 3.44. The molecule has 1 rings (SSSR count). The molecule has 0 bridgehead atoms. The van der Waals surface area contributed by atoms with Crippen molar-refractivity contribution in [2.75, 3.05) is 27.3 Å². The van der Waals surface area contributed by atoms with E-state index in [-0.39, 0.29) is 0 Å². The first kappa shape index (κ1) is 13.8. The fourth-order valence-electron chi connectivity index (χ4n) is 1.31. The Hall–Kier alpha value is -1.26. The number of rotatable bonds is 5. The highest BCUT2D eigenvalue weighted by molar-refractivity contribution is 6.31. The molecular formula is C12H18ClN3O. The predicted octanol–water partition coefficient (Wildman–Crippen LogP) is 1.65. The minimum atomic E-state index is 0.645. The summed E-state index contributed by atoms with van der Waals surface area (Å²) < 4.78 is 4.95. The first-order valence-electron chi connectivity index (χ1n) is 5.44. The third-order valence-corrected chi connectivity index (χ3v) is 2.60. The van der Waals surface area contributed by atoms with Crippen LogP contribution in [0.4, 0.5) is 0 Å². The Bertz CT molecular complexity index is 369. The van der Waals surface area contributed by atoms with Crippen molar-refractivity contribution in [3.8, 4) is 0 Å². The van der Waals surface area contributed by atoms with Crippen molar-refractivity contribution in [2.45, 2.75) is 6.54 Å². The molecule has 94 valence electrons. The maximum absolute atomic E-state index is 6.06. The van der Waals surface area contributed by atoms with Gasteiger partial charge in [-0.15, -0.1) is 0 Å². The molecule has 5 heteroatoms. The van der Waals surface area contributed by atoms with Crippen molar-refractivity contribution in [3.63, 3.8) is 0 Å². The van der Waals surface area contributed by atoms with Crippen molar-refractivity contribution in [1.82, 2.24) is 10.6 Å². The lowest BCUT2D eigenvalue weighted by atomic mass is 10.2. The van der Waals surface area contributed by atoms with E-state index >= 15 is 0 Å². The highest BCUT2D eigenvalue weighted by atomic mass is 35.5. The van der Waals surface area contributed by atoms with Gasteiger partial charge in [0, 0.05) is 32.3 Å². The monoisotopic (exact) mass is 255 g/mol. The Morgan fingerprint density at radius 3 is 2.76 bits per heavy atom. The van der Waals surface area contributed by atoms with Crippen LogP contribution in [0.3, 0.4) is 0 Å². The molecule has 0 atom stereocenters. The van der Waals surface area contributed by atoms with Crippen LogP contribution in [0.2, 0.25) is 5.02 Å². The van der Waals surface area contributed by atoms with Gasteiger partial charge in [0.15, 0.2) is 5.96 Å². The third-order valence-electron chi connectivity index (χ3n) is 2.23. The van der Waals surface area contributed by atoms with Crippen molar-refractivity contribution >= 4 is 17.6 Å². The van der Waals surface area contributed by atoms with E-state index in [2.05, 4.69) is 15.6 Å². The zero-order valence-corrected chi connectivity index (χ0v) is 10.9. The average molecular weight is 256 g/mol. The van der Waals surface area contributed by atoms with Crippen LogP contribution >= 0.6 is 11.6 Å². The van der Waals surface area contributed by atoms with Crippen molar-refractivity contribution in [2.24, 2.45) is 4.99 Å². The quantitative estimate of drug-likeness (QED) is 0.478. The van der Waals surface area contributed by atoms with Gasteiger partial charge in [0.25, 0.3) is 0 Å². The lowest BCUT2D eigenvalue weighted by molar-refractivity contribution is 0.203. The number of hydrogen-bond donors (Lipinski definition) is 2. The molecular weight excluding hydrogens is 238 g/mol. The van der Waals surface area contributed by atoms with Gasteiger partial charge in [0.2, 0.25) is 0 Å². The molecule has 4 nitrogen and oxygen atoms in total. The van der Waals surface area contributed by atoms with Gasteiger partial charge < -0.3 is 15.4 Å². The van der Waals surface area contributed by atoms with Gasteiger partial charge >= 0.3 is 0 Å². The van der Waals surface area contributed by atoms with E-state index < -0.39 is 0 Å². The number of halogens is 1.